The Morgan fingerprint density at radius 1 is 1.47 bits per heavy atom. The lowest BCUT2D eigenvalue weighted by Gasteiger charge is -2.12. The molecule has 0 fully saturated rings. The molecular weight excluding hydrogens is 218 g/mol. The summed E-state index contributed by atoms with van der Waals surface area (Å²) in [7, 11) is 3.60. The van der Waals surface area contributed by atoms with Gasteiger partial charge in [0.25, 0.3) is 0 Å². The van der Waals surface area contributed by atoms with Gasteiger partial charge in [-0.05, 0) is 13.3 Å². The molecule has 0 amide bonds. The van der Waals surface area contributed by atoms with E-state index in [1.54, 1.807) is 7.11 Å². The van der Waals surface area contributed by atoms with E-state index in [-0.39, 0.29) is 6.10 Å². The van der Waals surface area contributed by atoms with Gasteiger partial charge in [0.2, 0.25) is 5.95 Å². The summed E-state index contributed by atoms with van der Waals surface area (Å²) in [6.07, 6.45) is 0.947. The molecule has 0 aliphatic carbocycles. The highest BCUT2D eigenvalue weighted by molar-refractivity contribution is 5.77. The predicted octanol–water partition coefficient (Wildman–Crippen LogP) is 0.949. The highest BCUT2D eigenvalue weighted by Crippen LogP contribution is 2.21. The Morgan fingerprint density at radius 3 is 2.76 bits per heavy atom. The SMILES string of the molecule is CCc1nn(C)c2c1nc(N)n2CC(C)OC. The molecule has 0 saturated heterocycles. The summed E-state index contributed by atoms with van der Waals surface area (Å²) in [5.41, 5.74) is 8.79. The molecule has 2 heterocycles. The zero-order chi connectivity index (χ0) is 12.6. The largest absolute Gasteiger partial charge is 0.380 e. The number of aryl methyl sites for hydroxylation is 2. The van der Waals surface area contributed by atoms with Crippen molar-refractivity contribution in [1.29, 1.82) is 0 Å². The Bertz CT molecular complexity index is 527. The van der Waals surface area contributed by atoms with Gasteiger partial charge in [0, 0.05) is 14.2 Å². The van der Waals surface area contributed by atoms with Gasteiger partial charge in [-0.25, -0.2) is 4.98 Å². The molecule has 0 aromatic carbocycles. The average molecular weight is 237 g/mol. The molecule has 2 N–H and O–H groups in total. The molecule has 0 spiro atoms. The first-order chi connectivity index (χ1) is 8.08. The predicted molar refractivity (Wildman–Crippen MR) is 66.8 cm³/mol. The topological polar surface area (TPSA) is 70.9 Å². The van der Waals surface area contributed by atoms with Crippen LogP contribution >= 0.6 is 0 Å². The van der Waals surface area contributed by atoms with Gasteiger partial charge in [-0.2, -0.15) is 5.10 Å². The summed E-state index contributed by atoms with van der Waals surface area (Å²) in [6.45, 7) is 4.75. The Balaban J connectivity index is 2.54. The van der Waals surface area contributed by atoms with E-state index in [9.17, 15) is 0 Å². The van der Waals surface area contributed by atoms with Crippen molar-refractivity contribution in [2.75, 3.05) is 12.8 Å². The molecule has 1 atom stereocenters. The number of nitrogens with two attached hydrogens (primary N) is 1. The summed E-state index contributed by atoms with van der Waals surface area (Å²) < 4.78 is 9.05. The molecule has 6 nitrogen and oxygen atoms in total. The fourth-order valence-corrected chi connectivity index (χ4v) is 2.01. The molecule has 0 aliphatic rings. The summed E-state index contributed by atoms with van der Waals surface area (Å²) in [4.78, 5) is 4.39. The first kappa shape index (κ1) is 11.9. The van der Waals surface area contributed by atoms with Crippen molar-refractivity contribution in [3.05, 3.63) is 5.69 Å². The van der Waals surface area contributed by atoms with Crippen LogP contribution in [0.2, 0.25) is 0 Å². The number of nitrogen functional groups attached to an aromatic ring is 1. The number of methoxy groups -OCH3 is 1. The van der Waals surface area contributed by atoms with Crippen LogP contribution in [0, 0.1) is 0 Å². The molecule has 6 heteroatoms. The minimum Gasteiger partial charge on any atom is -0.380 e. The van der Waals surface area contributed by atoms with Crippen molar-refractivity contribution in [3.8, 4) is 0 Å². The van der Waals surface area contributed by atoms with Crippen LogP contribution < -0.4 is 5.73 Å². The third-order valence-corrected chi connectivity index (χ3v) is 3.00. The zero-order valence-electron chi connectivity index (χ0n) is 10.8. The van der Waals surface area contributed by atoms with E-state index < -0.39 is 0 Å². The molecule has 2 rings (SSSR count). The lowest BCUT2D eigenvalue weighted by Crippen LogP contribution is -2.17. The van der Waals surface area contributed by atoms with E-state index in [2.05, 4.69) is 17.0 Å². The Hall–Kier alpha value is -1.56. The molecule has 2 aromatic rings. The maximum atomic E-state index is 5.95. The van der Waals surface area contributed by atoms with Crippen molar-refractivity contribution in [3.63, 3.8) is 0 Å². The number of fused-ring (bicyclic) bond motifs is 1. The van der Waals surface area contributed by atoms with E-state index in [0.717, 1.165) is 23.3 Å². The Kier molecular flexibility index (Phi) is 3.06. The summed E-state index contributed by atoms with van der Waals surface area (Å²) in [5.74, 6) is 0.520. The molecule has 2 aromatic heterocycles. The van der Waals surface area contributed by atoms with Crippen molar-refractivity contribution < 1.29 is 4.74 Å². The normalized spacial score (nSPS) is 13.4. The van der Waals surface area contributed by atoms with Crippen LogP contribution in [0.3, 0.4) is 0 Å². The van der Waals surface area contributed by atoms with Crippen LogP contribution in [0.15, 0.2) is 0 Å². The van der Waals surface area contributed by atoms with E-state index in [1.807, 2.05) is 23.2 Å². The second-order valence-electron chi connectivity index (χ2n) is 4.22. The molecule has 94 valence electrons. The van der Waals surface area contributed by atoms with Gasteiger partial charge in [-0.15, -0.1) is 0 Å². The third kappa shape index (κ3) is 1.88. The van der Waals surface area contributed by atoms with E-state index in [4.69, 9.17) is 10.5 Å². The Labute approximate surface area is 100 Å². The quantitative estimate of drug-likeness (QED) is 0.859. The highest BCUT2D eigenvalue weighted by atomic mass is 16.5. The van der Waals surface area contributed by atoms with E-state index in [1.165, 1.54) is 0 Å². The van der Waals surface area contributed by atoms with Gasteiger partial charge < -0.3 is 10.5 Å². The monoisotopic (exact) mass is 237 g/mol. The maximum absolute atomic E-state index is 5.95. The van der Waals surface area contributed by atoms with Crippen LogP contribution in [0.4, 0.5) is 5.95 Å². The molecule has 0 aliphatic heterocycles. The molecule has 1 unspecified atom stereocenters. The van der Waals surface area contributed by atoms with Crippen LogP contribution in [0.5, 0.6) is 0 Å². The second-order valence-corrected chi connectivity index (χ2v) is 4.22. The van der Waals surface area contributed by atoms with Gasteiger partial charge in [0.15, 0.2) is 5.65 Å². The fourth-order valence-electron chi connectivity index (χ4n) is 2.01. The van der Waals surface area contributed by atoms with E-state index >= 15 is 0 Å². The lowest BCUT2D eigenvalue weighted by atomic mass is 10.3. The maximum Gasteiger partial charge on any atom is 0.202 e. The van der Waals surface area contributed by atoms with Gasteiger partial charge in [-0.1, -0.05) is 6.92 Å². The minimum atomic E-state index is 0.0923. The number of ether oxygens (including phenoxy) is 1. The van der Waals surface area contributed by atoms with Crippen molar-refractivity contribution >= 4 is 17.1 Å². The fraction of sp³-hybridized carbons (Fsp3) is 0.636. The van der Waals surface area contributed by atoms with Crippen molar-refractivity contribution in [1.82, 2.24) is 19.3 Å². The summed E-state index contributed by atoms with van der Waals surface area (Å²) in [6, 6.07) is 0. The van der Waals surface area contributed by atoms with Crippen LogP contribution in [0.25, 0.3) is 11.2 Å². The van der Waals surface area contributed by atoms with Crippen molar-refractivity contribution in [2.24, 2.45) is 7.05 Å². The standard InChI is InChI=1S/C11H19N5O/c1-5-8-9-10(15(3)14-8)16(11(12)13-9)6-7(2)17-4/h7H,5-6H2,1-4H3,(H2,12,13). The molecule has 17 heavy (non-hydrogen) atoms. The number of hydrogen-bond acceptors (Lipinski definition) is 4. The van der Waals surface area contributed by atoms with Crippen LogP contribution in [-0.2, 0) is 24.8 Å². The highest BCUT2D eigenvalue weighted by Gasteiger charge is 2.18. The number of hydrogen-bond donors (Lipinski definition) is 1. The van der Waals surface area contributed by atoms with Gasteiger partial charge in [-0.3, -0.25) is 9.25 Å². The second kappa shape index (κ2) is 4.37. The first-order valence-electron chi connectivity index (χ1n) is 5.78. The van der Waals surface area contributed by atoms with Gasteiger partial charge in [0.1, 0.15) is 5.52 Å². The molecule has 0 radical (unpaired) electrons. The number of anilines is 1. The van der Waals surface area contributed by atoms with Crippen LogP contribution in [0.1, 0.15) is 19.5 Å². The van der Waals surface area contributed by atoms with Gasteiger partial charge in [0.05, 0.1) is 18.3 Å². The van der Waals surface area contributed by atoms with Crippen molar-refractivity contribution in [2.45, 2.75) is 32.9 Å². The Morgan fingerprint density at radius 2 is 2.18 bits per heavy atom. The smallest absolute Gasteiger partial charge is 0.202 e. The average Bonchev–Trinajstić information content (AvgIpc) is 2.78. The number of rotatable bonds is 4. The third-order valence-electron chi connectivity index (χ3n) is 3.00. The molecular formula is C11H19N5O. The summed E-state index contributed by atoms with van der Waals surface area (Å²) >= 11 is 0. The van der Waals surface area contributed by atoms with Crippen LogP contribution in [-0.4, -0.2) is 32.5 Å². The number of imidazole rings is 1. The lowest BCUT2D eigenvalue weighted by molar-refractivity contribution is 0.104. The molecule has 0 bridgehead atoms. The zero-order valence-corrected chi connectivity index (χ0v) is 10.8. The summed E-state index contributed by atoms with van der Waals surface area (Å²) in [5, 5.41) is 4.44. The number of aromatic nitrogens is 4. The first-order valence-corrected chi connectivity index (χ1v) is 5.78. The number of nitrogens with zero attached hydrogens (tertiary/aromatic N) is 4. The minimum absolute atomic E-state index is 0.0923. The van der Waals surface area contributed by atoms with E-state index in [0.29, 0.717) is 12.5 Å². The van der Waals surface area contributed by atoms with Gasteiger partial charge >= 0.3 is 0 Å². The molecule has 0 saturated carbocycles.